The van der Waals surface area contributed by atoms with E-state index in [2.05, 4.69) is 19.8 Å². The molecule has 0 bridgehead atoms. The summed E-state index contributed by atoms with van der Waals surface area (Å²) in [6.07, 6.45) is 9.04. The normalized spacial score (nSPS) is 16.0. The molecule has 2 atom stereocenters. The maximum atomic E-state index is 5.81. The Labute approximate surface area is 89.2 Å². The molecule has 0 radical (unpaired) electrons. The van der Waals surface area contributed by atoms with Gasteiger partial charge in [0.25, 0.3) is 0 Å². The Morgan fingerprint density at radius 2 is 1.93 bits per heavy atom. The second kappa shape index (κ2) is 6.09. The smallest absolute Gasteiger partial charge is 0.121 e. The lowest BCUT2D eigenvalue weighted by Gasteiger charge is -2.28. The van der Waals surface area contributed by atoms with Gasteiger partial charge in [0.15, 0.2) is 0 Å². The van der Waals surface area contributed by atoms with E-state index in [1.165, 1.54) is 12.8 Å². The lowest BCUT2D eigenvalue weighted by atomic mass is 9.97. The standard InChI is InChI=1S/C13H24O/c1-7-9-10-11(3)12(8-2)14-13(4,5)6/h2,11-12H,7,9-10H2,1,3-6H3/t11?,12-/m1/s1. The summed E-state index contributed by atoms with van der Waals surface area (Å²) in [5.41, 5.74) is -0.141. The van der Waals surface area contributed by atoms with E-state index in [9.17, 15) is 0 Å². The predicted molar refractivity (Wildman–Crippen MR) is 62.1 cm³/mol. The van der Waals surface area contributed by atoms with Crippen LogP contribution in [0.1, 0.15) is 53.9 Å². The predicted octanol–water partition coefficient (Wildman–Crippen LogP) is 3.63. The number of unbranched alkanes of at least 4 members (excludes halogenated alkanes) is 1. The average Bonchev–Trinajstić information content (AvgIpc) is 2.08. The fourth-order valence-corrected chi connectivity index (χ4v) is 1.37. The molecule has 1 unspecified atom stereocenters. The molecule has 0 aromatic heterocycles. The first-order valence-corrected chi connectivity index (χ1v) is 5.54. The summed E-state index contributed by atoms with van der Waals surface area (Å²) in [6.45, 7) is 10.5. The molecule has 1 nitrogen and oxygen atoms in total. The molecule has 0 N–H and O–H groups in total. The molecule has 0 heterocycles. The molecule has 82 valence electrons. The molecule has 0 aliphatic carbocycles. The highest BCUT2D eigenvalue weighted by Crippen LogP contribution is 2.20. The summed E-state index contributed by atoms with van der Waals surface area (Å²) in [6, 6.07) is 0. The van der Waals surface area contributed by atoms with E-state index in [4.69, 9.17) is 11.2 Å². The van der Waals surface area contributed by atoms with Crippen LogP contribution in [0.25, 0.3) is 0 Å². The quantitative estimate of drug-likeness (QED) is 0.610. The minimum absolute atomic E-state index is 0.0402. The van der Waals surface area contributed by atoms with Crippen LogP contribution in [-0.2, 0) is 4.74 Å². The van der Waals surface area contributed by atoms with Crippen molar-refractivity contribution in [3.63, 3.8) is 0 Å². The van der Waals surface area contributed by atoms with Crippen molar-refractivity contribution in [3.05, 3.63) is 0 Å². The third-order valence-corrected chi connectivity index (χ3v) is 2.17. The first-order valence-electron chi connectivity index (χ1n) is 5.54. The maximum Gasteiger partial charge on any atom is 0.121 e. The SMILES string of the molecule is C#C[C@@H](OC(C)(C)C)C(C)CCCC. The van der Waals surface area contributed by atoms with Gasteiger partial charge in [-0.05, 0) is 33.1 Å². The highest BCUT2D eigenvalue weighted by atomic mass is 16.5. The van der Waals surface area contributed by atoms with Gasteiger partial charge in [0.1, 0.15) is 6.10 Å². The average molecular weight is 196 g/mol. The van der Waals surface area contributed by atoms with Gasteiger partial charge < -0.3 is 4.74 Å². The van der Waals surface area contributed by atoms with Crippen LogP contribution >= 0.6 is 0 Å². The van der Waals surface area contributed by atoms with E-state index in [0.717, 1.165) is 6.42 Å². The maximum absolute atomic E-state index is 5.81. The molecule has 0 spiro atoms. The third kappa shape index (κ3) is 6.05. The molecule has 0 aromatic carbocycles. The molecule has 0 fully saturated rings. The molecular formula is C13H24O. The van der Waals surface area contributed by atoms with Gasteiger partial charge in [0.05, 0.1) is 5.60 Å². The first-order chi connectivity index (χ1) is 6.40. The van der Waals surface area contributed by atoms with Gasteiger partial charge in [-0.15, -0.1) is 6.42 Å². The fraction of sp³-hybridized carbons (Fsp3) is 0.846. The molecule has 0 saturated heterocycles. The van der Waals surface area contributed by atoms with E-state index in [0.29, 0.717) is 5.92 Å². The van der Waals surface area contributed by atoms with E-state index in [1.807, 2.05) is 20.8 Å². The van der Waals surface area contributed by atoms with Crippen LogP contribution in [0.3, 0.4) is 0 Å². The second-order valence-corrected chi connectivity index (χ2v) is 4.94. The molecule has 0 aromatic rings. The van der Waals surface area contributed by atoms with Gasteiger partial charge in [-0.1, -0.05) is 32.6 Å². The Morgan fingerprint density at radius 1 is 1.36 bits per heavy atom. The number of ether oxygens (including phenoxy) is 1. The van der Waals surface area contributed by atoms with Crippen molar-refractivity contribution in [2.24, 2.45) is 5.92 Å². The molecule has 0 aliphatic heterocycles. The monoisotopic (exact) mass is 196 g/mol. The molecule has 14 heavy (non-hydrogen) atoms. The summed E-state index contributed by atoms with van der Waals surface area (Å²) >= 11 is 0. The van der Waals surface area contributed by atoms with E-state index < -0.39 is 0 Å². The van der Waals surface area contributed by atoms with Crippen molar-refractivity contribution in [2.45, 2.75) is 65.6 Å². The van der Waals surface area contributed by atoms with Crippen LogP contribution in [0.2, 0.25) is 0 Å². The number of rotatable bonds is 5. The molecule has 0 saturated carbocycles. The van der Waals surface area contributed by atoms with Gasteiger partial charge in [-0.3, -0.25) is 0 Å². The molecule has 0 amide bonds. The topological polar surface area (TPSA) is 9.23 Å². The van der Waals surface area contributed by atoms with Crippen molar-refractivity contribution < 1.29 is 4.74 Å². The summed E-state index contributed by atoms with van der Waals surface area (Å²) < 4.78 is 5.81. The Hall–Kier alpha value is -0.480. The zero-order chi connectivity index (χ0) is 11.2. The van der Waals surface area contributed by atoms with Crippen LogP contribution < -0.4 is 0 Å². The van der Waals surface area contributed by atoms with Crippen LogP contribution in [0.4, 0.5) is 0 Å². The Kier molecular flexibility index (Phi) is 5.88. The van der Waals surface area contributed by atoms with Crippen LogP contribution in [0, 0.1) is 18.3 Å². The summed E-state index contributed by atoms with van der Waals surface area (Å²) in [4.78, 5) is 0. The highest BCUT2D eigenvalue weighted by Gasteiger charge is 2.21. The van der Waals surface area contributed by atoms with Crippen LogP contribution in [0.5, 0.6) is 0 Å². The second-order valence-electron chi connectivity index (χ2n) is 4.94. The van der Waals surface area contributed by atoms with Crippen LogP contribution in [-0.4, -0.2) is 11.7 Å². The van der Waals surface area contributed by atoms with Crippen molar-refractivity contribution in [1.29, 1.82) is 0 Å². The Balaban J connectivity index is 4.08. The van der Waals surface area contributed by atoms with E-state index in [-0.39, 0.29) is 11.7 Å². The minimum atomic E-state index is -0.141. The van der Waals surface area contributed by atoms with Crippen molar-refractivity contribution >= 4 is 0 Å². The van der Waals surface area contributed by atoms with Gasteiger partial charge in [-0.25, -0.2) is 0 Å². The zero-order valence-corrected chi connectivity index (χ0v) is 10.3. The molecule has 1 heteroatoms. The molecular weight excluding hydrogens is 172 g/mol. The van der Waals surface area contributed by atoms with Gasteiger partial charge >= 0.3 is 0 Å². The van der Waals surface area contributed by atoms with Gasteiger partial charge in [0, 0.05) is 0 Å². The molecule has 0 rings (SSSR count). The lowest BCUT2D eigenvalue weighted by molar-refractivity contribution is -0.0557. The Morgan fingerprint density at radius 3 is 2.29 bits per heavy atom. The molecule has 0 aliphatic rings. The van der Waals surface area contributed by atoms with E-state index >= 15 is 0 Å². The van der Waals surface area contributed by atoms with Gasteiger partial charge in [-0.2, -0.15) is 0 Å². The Bertz CT molecular complexity index is 182. The van der Waals surface area contributed by atoms with Crippen molar-refractivity contribution in [3.8, 4) is 12.3 Å². The van der Waals surface area contributed by atoms with E-state index in [1.54, 1.807) is 0 Å². The number of hydrogen-bond donors (Lipinski definition) is 0. The highest BCUT2D eigenvalue weighted by molar-refractivity contribution is 4.98. The number of hydrogen-bond acceptors (Lipinski definition) is 1. The third-order valence-electron chi connectivity index (χ3n) is 2.17. The van der Waals surface area contributed by atoms with Crippen LogP contribution in [0.15, 0.2) is 0 Å². The summed E-state index contributed by atoms with van der Waals surface area (Å²) in [5, 5.41) is 0. The zero-order valence-electron chi connectivity index (χ0n) is 10.3. The summed E-state index contributed by atoms with van der Waals surface area (Å²) in [7, 11) is 0. The van der Waals surface area contributed by atoms with Crippen molar-refractivity contribution in [1.82, 2.24) is 0 Å². The summed E-state index contributed by atoms with van der Waals surface area (Å²) in [5.74, 6) is 3.20. The minimum Gasteiger partial charge on any atom is -0.360 e. The van der Waals surface area contributed by atoms with Gasteiger partial charge in [0.2, 0.25) is 0 Å². The largest absolute Gasteiger partial charge is 0.360 e. The van der Waals surface area contributed by atoms with Crippen molar-refractivity contribution in [2.75, 3.05) is 0 Å². The lowest BCUT2D eigenvalue weighted by Crippen LogP contribution is -2.30. The first kappa shape index (κ1) is 13.5. The fourth-order valence-electron chi connectivity index (χ4n) is 1.37. The number of terminal acetylenes is 1.